The summed E-state index contributed by atoms with van der Waals surface area (Å²) in [6.07, 6.45) is -0.719. The summed E-state index contributed by atoms with van der Waals surface area (Å²) in [6, 6.07) is 19.6. The topological polar surface area (TPSA) is 90.6 Å². The zero-order valence-corrected chi connectivity index (χ0v) is 18.8. The van der Waals surface area contributed by atoms with E-state index in [9.17, 15) is 9.59 Å². The van der Waals surface area contributed by atoms with Crippen molar-refractivity contribution < 1.29 is 19.1 Å². The molecule has 3 N–H and O–H groups in total. The second kappa shape index (κ2) is 16.0. The summed E-state index contributed by atoms with van der Waals surface area (Å²) in [6.45, 7) is 10.9. The molecule has 2 aromatic rings. The fourth-order valence-electron chi connectivity index (χ4n) is 2.26. The number of rotatable bonds is 4. The molecule has 30 heavy (non-hydrogen) atoms. The second-order valence-corrected chi connectivity index (χ2v) is 6.25. The summed E-state index contributed by atoms with van der Waals surface area (Å²) in [5.41, 5.74) is 6.74. The molecule has 1 saturated heterocycles. The highest BCUT2D eigenvalue weighted by Crippen LogP contribution is 2.22. The van der Waals surface area contributed by atoms with Gasteiger partial charge in [-0.1, -0.05) is 88.4 Å². The molecule has 0 bridgehead atoms. The van der Waals surface area contributed by atoms with E-state index in [0.717, 1.165) is 5.56 Å². The first-order valence-electron chi connectivity index (χ1n) is 10.4. The lowest BCUT2D eigenvalue weighted by atomic mass is 9.91. The summed E-state index contributed by atoms with van der Waals surface area (Å²) in [4.78, 5) is 22.8. The van der Waals surface area contributed by atoms with Crippen molar-refractivity contribution >= 4 is 12.1 Å². The van der Waals surface area contributed by atoms with Crippen LogP contribution in [0.2, 0.25) is 0 Å². The lowest BCUT2D eigenvalue weighted by Gasteiger charge is -2.30. The average molecular weight is 417 g/mol. The Hall–Kier alpha value is -2.86. The number of nitrogens with one attached hydrogen (secondary N) is 1. The van der Waals surface area contributed by atoms with Crippen LogP contribution in [0.5, 0.6) is 0 Å². The van der Waals surface area contributed by atoms with Crippen LogP contribution in [0.1, 0.15) is 45.7 Å². The Morgan fingerprint density at radius 1 is 0.900 bits per heavy atom. The molecule has 0 atom stereocenters. The molecule has 1 heterocycles. The number of nitrogens with two attached hydrogens (primary N) is 1. The molecule has 1 aliphatic rings. The van der Waals surface area contributed by atoms with Crippen LogP contribution in [0, 0.1) is 5.41 Å². The first-order chi connectivity index (χ1) is 14.5. The molecule has 0 aromatic heterocycles. The molecule has 0 unspecified atom stereocenters. The standard InChI is InChI=1S/C13H15NO4.C7H9N.2C2H6/c1-13(8-17-12(16)18-9-13)11(15)14-7-10-5-3-2-4-6-10;8-6-7-4-2-1-3-5-7;2*1-2/h2-6H,7-9H2,1H3,(H,14,15);1-5H,6,8H2;2*1-2H3. The van der Waals surface area contributed by atoms with E-state index in [1.807, 2.05) is 88.4 Å². The van der Waals surface area contributed by atoms with Crippen molar-refractivity contribution in [3.8, 4) is 0 Å². The maximum atomic E-state index is 12.0. The highest BCUT2D eigenvalue weighted by molar-refractivity contribution is 5.83. The monoisotopic (exact) mass is 416 g/mol. The van der Waals surface area contributed by atoms with Crippen LogP contribution < -0.4 is 11.1 Å². The summed E-state index contributed by atoms with van der Waals surface area (Å²) in [5, 5.41) is 2.81. The molecule has 1 fully saturated rings. The Kier molecular flexibility index (Phi) is 14.5. The maximum Gasteiger partial charge on any atom is 0.508 e. The van der Waals surface area contributed by atoms with Gasteiger partial charge in [0.2, 0.25) is 5.91 Å². The highest BCUT2D eigenvalue weighted by atomic mass is 16.7. The first-order valence-corrected chi connectivity index (χ1v) is 10.4. The van der Waals surface area contributed by atoms with E-state index in [-0.39, 0.29) is 19.1 Å². The third kappa shape index (κ3) is 10.1. The number of carbonyl (C=O) groups is 2. The number of carbonyl (C=O) groups excluding carboxylic acids is 2. The highest BCUT2D eigenvalue weighted by Gasteiger charge is 2.40. The summed E-state index contributed by atoms with van der Waals surface area (Å²) in [5.74, 6) is -0.182. The van der Waals surface area contributed by atoms with Crippen LogP contribution in [-0.2, 0) is 27.4 Å². The van der Waals surface area contributed by atoms with Gasteiger partial charge in [0, 0.05) is 13.1 Å². The van der Waals surface area contributed by atoms with Gasteiger partial charge in [0.05, 0.1) is 0 Å². The van der Waals surface area contributed by atoms with Gasteiger partial charge in [-0.25, -0.2) is 4.79 Å². The van der Waals surface area contributed by atoms with E-state index >= 15 is 0 Å². The van der Waals surface area contributed by atoms with Gasteiger partial charge < -0.3 is 20.5 Å². The van der Waals surface area contributed by atoms with Gasteiger partial charge in [-0.05, 0) is 18.1 Å². The van der Waals surface area contributed by atoms with Gasteiger partial charge in [-0.15, -0.1) is 0 Å². The van der Waals surface area contributed by atoms with E-state index in [0.29, 0.717) is 13.1 Å². The summed E-state index contributed by atoms with van der Waals surface area (Å²) >= 11 is 0. The first kappa shape index (κ1) is 27.1. The Bertz CT molecular complexity index is 696. The molecular formula is C24H36N2O4. The molecule has 0 saturated carbocycles. The van der Waals surface area contributed by atoms with Crippen molar-refractivity contribution in [1.29, 1.82) is 0 Å². The number of ether oxygens (including phenoxy) is 2. The second-order valence-electron chi connectivity index (χ2n) is 6.25. The minimum atomic E-state index is -0.817. The van der Waals surface area contributed by atoms with Crippen molar-refractivity contribution in [3.05, 3.63) is 71.8 Å². The normalized spacial score (nSPS) is 13.3. The zero-order chi connectivity index (χ0) is 22.8. The molecular weight excluding hydrogens is 380 g/mol. The van der Waals surface area contributed by atoms with Gasteiger partial charge >= 0.3 is 6.16 Å². The lowest BCUT2D eigenvalue weighted by molar-refractivity contribution is -0.141. The molecule has 3 rings (SSSR count). The quantitative estimate of drug-likeness (QED) is 0.707. The predicted molar refractivity (Wildman–Crippen MR) is 121 cm³/mol. The van der Waals surface area contributed by atoms with E-state index < -0.39 is 11.6 Å². The Balaban J connectivity index is 0.000000585. The van der Waals surface area contributed by atoms with Gasteiger partial charge in [0.1, 0.15) is 18.6 Å². The Labute approximate surface area is 180 Å². The average Bonchev–Trinajstić information content (AvgIpc) is 2.83. The van der Waals surface area contributed by atoms with Crippen LogP contribution >= 0.6 is 0 Å². The molecule has 2 aromatic carbocycles. The van der Waals surface area contributed by atoms with E-state index in [4.69, 9.17) is 15.2 Å². The zero-order valence-electron chi connectivity index (χ0n) is 18.8. The van der Waals surface area contributed by atoms with Gasteiger partial charge in [0.15, 0.2) is 0 Å². The van der Waals surface area contributed by atoms with Gasteiger partial charge in [-0.2, -0.15) is 0 Å². The molecule has 0 spiro atoms. The van der Waals surface area contributed by atoms with Gasteiger partial charge in [0.25, 0.3) is 0 Å². The molecule has 166 valence electrons. The number of benzene rings is 2. The molecule has 0 radical (unpaired) electrons. The number of amides is 1. The lowest BCUT2D eigenvalue weighted by Crippen LogP contribution is -2.48. The van der Waals surface area contributed by atoms with Crippen LogP contribution in [-0.4, -0.2) is 25.3 Å². The smallest absolute Gasteiger partial charge is 0.433 e. The van der Waals surface area contributed by atoms with E-state index in [1.54, 1.807) is 6.92 Å². The maximum absolute atomic E-state index is 12.0. The van der Waals surface area contributed by atoms with Crippen molar-refractivity contribution in [1.82, 2.24) is 5.32 Å². The minimum Gasteiger partial charge on any atom is -0.433 e. The summed E-state index contributed by atoms with van der Waals surface area (Å²) < 4.78 is 9.49. The van der Waals surface area contributed by atoms with Crippen LogP contribution in [0.3, 0.4) is 0 Å². The Morgan fingerprint density at radius 2 is 1.33 bits per heavy atom. The fourth-order valence-corrected chi connectivity index (χ4v) is 2.26. The van der Waals surface area contributed by atoms with Crippen LogP contribution in [0.4, 0.5) is 4.79 Å². The molecule has 6 nitrogen and oxygen atoms in total. The molecule has 1 aliphatic heterocycles. The molecule has 1 amide bonds. The third-order valence-corrected chi connectivity index (χ3v) is 3.94. The van der Waals surface area contributed by atoms with Crippen LogP contribution in [0.25, 0.3) is 0 Å². The number of cyclic esters (lactones) is 2. The largest absolute Gasteiger partial charge is 0.508 e. The van der Waals surface area contributed by atoms with Crippen molar-refractivity contribution in [2.75, 3.05) is 13.2 Å². The number of hydrogen-bond acceptors (Lipinski definition) is 5. The van der Waals surface area contributed by atoms with E-state index in [2.05, 4.69) is 5.32 Å². The summed E-state index contributed by atoms with van der Waals surface area (Å²) in [7, 11) is 0. The predicted octanol–water partition coefficient (Wildman–Crippen LogP) is 4.67. The molecule has 0 aliphatic carbocycles. The van der Waals surface area contributed by atoms with Crippen molar-refractivity contribution in [3.63, 3.8) is 0 Å². The molecule has 6 heteroatoms. The third-order valence-electron chi connectivity index (χ3n) is 3.94. The van der Waals surface area contributed by atoms with E-state index in [1.165, 1.54) is 5.56 Å². The minimum absolute atomic E-state index is 0.0481. The van der Waals surface area contributed by atoms with Crippen molar-refractivity contribution in [2.24, 2.45) is 11.1 Å². The SMILES string of the molecule is CC.CC.CC1(C(=O)NCc2ccccc2)COC(=O)OC1.NCc1ccccc1. The van der Waals surface area contributed by atoms with Gasteiger partial charge in [-0.3, -0.25) is 4.79 Å². The van der Waals surface area contributed by atoms with Crippen molar-refractivity contribution in [2.45, 2.75) is 47.7 Å². The Morgan fingerprint density at radius 3 is 1.73 bits per heavy atom. The van der Waals surface area contributed by atoms with Crippen LogP contribution in [0.15, 0.2) is 60.7 Å². The fraction of sp³-hybridized carbons (Fsp3) is 0.417. The number of hydrogen-bond donors (Lipinski definition) is 2.